The number of carbonyl (C=O) groups is 1. The third-order valence-electron chi connectivity index (χ3n) is 3.17. The molecule has 0 aromatic carbocycles. The first-order valence-electron chi connectivity index (χ1n) is 6.37. The summed E-state index contributed by atoms with van der Waals surface area (Å²) in [6.45, 7) is 3.44. The highest BCUT2D eigenvalue weighted by molar-refractivity contribution is 7.10. The smallest absolute Gasteiger partial charge is 0.221 e. The van der Waals surface area contributed by atoms with Crippen LogP contribution in [0.1, 0.15) is 42.7 Å². The van der Waals surface area contributed by atoms with Crippen molar-refractivity contribution < 1.29 is 4.79 Å². The lowest BCUT2D eigenvalue weighted by Crippen LogP contribution is -2.30. The number of carbonyl (C=O) groups excluding carboxylic acids is 1. The van der Waals surface area contributed by atoms with Crippen LogP contribution in [0.2, 0.25) is 0 Å². The number of hydrogen-bond donors (Lipinski definition) is 2. The van der Waals surface area contributed by atoms with Gasteiger partial charge in [-0.25, -0.2) is 0 Å². The molecule has 1 aliphatic carbocycles. The van der Waals surface area contributed by atoms with Gasteiger partial charge in [0, 0.05) is 30.4 Å². The Morgan fingerprint density at radius 3 is 3.29 bits per heavy atom. The van der Waals surface area contributed by atoms with Crippen molar-refractivity contribution in [1.82, 2.24) is 10.6 Å². The van der Waals surface area contributed by atoms with Gasteiger partial charge in [-0.3, -0.25) is 4.79 Å². The molecule has 1 aliphatic rings. The Kier molecular flexibility index (Phi) is 4.57. The number of rotatable bonds is 5. The number of nitrogens with one attached hydrogen (secondary N) is 2. The Morgan fingerprint density at radius 1 is 1.59 bits per heavy atom. The molecule has 2 N–H and O–H groups in total. The van der Waals surface area contributed by atoms with E-state index in [2.05, 4.69) is 22.1 Å². The Morgan fingerprint density at radius 2 is 2.47 bits per heavy atom. The maximum Gasteiger partial charge on any atom is 0.221 e. The summed E-state index contributed by atoms with van der Waals surface area (Å²) >= 11 is 1.86. The van der Waals surface area contributed by atoms with Gasteiger partial charge in [0.25, 0.3) is 0 Å². The average molecular weight is 252 g/mol. The Hall–Kier alpha value is -0.870. The molecular formula is C13H20N2OS. The SMILES string of the molecule is CCNC(=O)CCNC1CCCc2sccc21. The van der Waals surface area contributed by atoms with Crippen LogP contribution in [-0.2, 0) is 11.2 Å². The van der Waals surface area contributed by atoms with Crippen molar-refractivity contribution in [3.05, 3.63) is 21.9 Å². The first-order chi connectivity index (χ1) is 8.31. The standard InChI is InChI=1S/C13H20N2OS/c1-2-14-13(16)6-8-15-11-4-3-5-12-10(11)7-9-17-12/h7,9,11,15H,2-6,8H2,1H3,(H,14,16). The van der Waals surface area contributed by atoms with E-state index in [1.165, 1.54) is 29.7 Å². The lowest BCUT2D eigenvalue weighted by atomic mass is 9.94. The molecule has 0 radical (unpaired) electrons. The summed E-state index contributed by atoms with van der Waals surface area (Å²) in [7, 11) is 0. The van der Waals surface area contributed by atoms with Crippen molar-refractivity contribution in [3.8, 4) is 0 Å². The molecule has 0 fully saturated rings. The van der Waals surface area contributed by atoms with E-state index in [4.69, 9.17) is 0 Å². The fraction of sp³-hybridized carbons (Fsp3) is 0.615. The Labute approximate surface area is 107 Å². The molecule has 1 heterocycles. The fourth-order valence-electron chi connectivity index (χ4n) is 2.34. The van der Waals surface area contributed by atoms with Crippen LogP contribution in [0.3, 0.4) is 0 Å². The minimum atomic E-state index is 0.140. The largest absolute Gasteiger partial charge is 0.356 e. The maximum absolute atomic E-state index is 11.3. The third kappa shape index (κ3) is 3.30. The molecule has 2 rings (SSSR count). The molecule has 1 aromatic rings. The zero-order chi connectivity index (χ0) is 12.1. The van der Waals surface area contributed by atoms with E-state index in [0.717, 1.165) is 13.1 Å². The topological polar surface area (TPSA) is 41.1 Å². The molecule has 17 heavy (non-hydrogen) atoms. The van der Waals surface area contributed by atoms with Gasteiger partial charge in [0.05, 0.1) is 0 Å². The van der Waals surface area contributed by atoms with Crippen LogP contribution in [0.5, 0.6) is 0 Å². The Bertz CT molecular complexity index is 375. The van der Waals surface area contributed by atoms with E-state index >= 15 is 0 Å². The molecule has 94 valence electrons. The summed E-state index contributed by atoms with van der Waals surface area (Å²) in [4.78, 5) is 12.9. The van der Waals surface area contributed by atoms with Crippen LogP contribution < -0.4 is 10.6 Å². The lowest BCUT2D eigenvalue weighted by molar-refractivity contribution is -0.120. The van der Waals surface area contributed by atoms with E-state index in [0.29, 0.717) is 12.5 Å². The van der Waals surface area contributed by atoms with E-state index in [1.54, 1.807) is 0 Å². The summed E-state index contributed by atoms with van der Waals surface area (Å²) in [5.74, 6) is 0.140. The quantitative estimate of drug-likeness (QED) is 0.844. The zero-order valence-electron chi connectivity index (χ0n) is 10.3. The third-order valence-corrected chi connectivity index (χ3v) is 4.17. The number of thiophene rings is 1. The molecule has 0 saturated carbocycles. The highest BCUT2D eigenvalue weighted by Gasteiger charge is 2.20. The summed E-state index contributed by atoms with van der Waals surface area (Å²) < 4.78 is 0. The summed E-state index contributed by atoms with van der Waals surface area (Å²) in [5, 5.41) is 8.49. The van der Waals surface area contributed by atoms with Crippen LogP contribution in [0.25, 0.3) is 0 Å². The van der Waals surface area contributed by atoms with Crippen LogP contribution in [0.15, 0.2) is 11.4 Å². The van der Waals surface area contributed by atoms with Gasteiger partial charge in [-0.1, -0.05) is 0 Å². The molecule has 0 aliphatic heterocycles. The molecule has 3 nitrogen and oxygen atoms in total. The molecule has 0 bridgehead atoms. The number of aryl methyl sites for hydroxylation is 1. The second-order valence-corrected chi connectivity index (χ2v) is 5.40. The van der Waals surface area contributed by atoms with Gasteiger partial charge in [-0.15, -0.1) is 11.3 Å². The predicted octanol–water partition coefficient (Wildman–Crippen LogP) is 2.24. The summed E-state index contributed by atoms with van der Waals surface area (Å²) in [6.07, 6.45) is 4.25. The van der Waals surface area contributed by atoms with Crippen molar-refractivity contribution in [2.75, 3.05) is 13.1 Å². The normalized spacial score (nSPS) is 18.8. The highest BCUT2D eigenvalue weighted by Crippen LogP contribution is 2.32. The first-order valence-corrected chi connectivity index (χ1v) is 7.25. The monoisotopic (exact) mass is 252 g/mol. The van der Waals surface area contributed by atoms with E-state index in [1.807, 2.05) is 18.3 Å². The number of amides is 1. The fourth-order valence-corrected chi connectivity index (χ4v) is 3.33. The molecule has 1 atom stereocenters. The Balaban J connectivity index is 1.79. The molecule has 1 aromatic heterocycles. The van der Waals surface area contributed by atoms with Crippen LogP contribution in [0, 0.1) is 0 Å². The highest BCUT2D eigenvalue weighted by atomic mass is 32.1. The van der Waals surface area contributed by atoms with Gasteiger partial charge in [0.15, 0.2) is 0 Å². The number of hydrogen-bond acceptors (Lipinski definition) is 3. The van der Waals surface area contributed by atoms with Gasteiger partial charge in [0.1, 0.15) is 0 Å². The molecule has 0 spiro atoms. The van der Waals surface area contributed by atoms with Gasteiger partial charge in [0.2, 0.25) is 5.91 Å². The molecule has 0 saturated heterocycles. The van der Waals surface area contributed by atoms with Crippen LogP contribution in [0.4, 0.5) is 0 Å². The predicted molar refractivity (Wildman–Crippen MR) is 71.3 cm³/mol. The molecule has 4 heteroatoms. The summed E-state index contributed by atoms with van der Waals surface area (Å²) in [5.41, 5.74) is 1.46. The van der Waals surface area contributed by atoms with E-state index in [-0.39, 0.29) is 5.91 Å². The lowest BCUT2D eigenvalue weighted by Gasteiger charge is -2.23. The van der Waals surface area contributed by atoms with Crippen LogP contribution in [-0.4, -0.2) is 19.0 Å². The molecular weight excluding hydrogens is 232 g/mol. The van der Waals surface area contributed by atoms with Gasteiger partial charge in [-0.2, -0.15) is 0 Å². The van der Waals surface area contributed by atoms with Gasteiger partial charge >= 0.3 is 0 Å². The van der Waals surface area contributed by atoms with Crippen molar-refractivity contribution in [2.24, 2.45) is 0 Å². The van der Waals surface area contributed by atoms with Crippen LogP contribution >= 0.6 is 11.3 Å². The first kappa shape index (κ1) is 12.6. The van der Waals surface area contributed by atoms with Crippen molar-refractivity contribution in [1.29, 1.82) is 0 Å². The molecule has 1 amide bonds. The summed E-state index contributed by atoms with van der Waals surface area (Å²) in [6, 6.07) is 2.68. The maximum atomic E-state index is 11.3. The van der Waals surface area contributed by atoms with E-state index < -0.39 is 0 Å². The second-order valence-electron chi connectivity index (χ2n) is 4.40. The van der Waals surface area contributed by atoms with Crippen molar-refractivity contribution in [2.45, 2.75) is 38.6 Å². The van der Waals surface area contributed by atoms with Crippen molar-refractivity contribution in [3.63, 3.8) is 0 Å². The van der Waals surface area contributed by atoms with Gasteiger partial charge < -0.3 is 10.6 Å². The van der Waals surface area contributed by atoms with Crippen molar-refractivity contribution >= 4 is 17.2 Å². The zero-order valence-corrected chi connectivity index (χ0v) is 11.1. The number of fused-ring (bicyclic) bond motifs is 1. The molecule has 1 unspecified atom stereocenters. The average Bonchev–Trinajstić information content (AvgIpc) is 2.78. The second kappa shape index (κ2) is 6.17. The van der Waals surface area contributed by atoms with E-state index in [9.17, 15) is 4.79 Å². The minimum absolute atomic E-state index is 0.140. The minimum Gasteiger partial charge on any atom is -0.356 e. The van der Waals surface area contributed by atoms with Gasteiger partial charge in [-0.05, 0) is 43.2 Å².